The van der Waals surface area contributed by atoms with Crippen molar-refractivity contribution in [3.05, 3.63) is 53.6 Å². The third kappa shape index (κ3) is 4.99. The molecule has 0 radical (unpaired) electrons. The Bertz CT molecular complexity index is 926. The molecule has 0 saturated carbocycles. The average molecular weight is 390 g/mol. The second kappa shape index (κ2) is 7.98. The molecule has 0 unspecified atom stereocenters. The lowest BCUT2D eigenvalue weighted by molar-refractivity contribution is -0.118. The van der Waals surface area contributed by atoms with Crippen molar-refractivity contribution in [3.63, 3.8) is 0 Å². The van der Waals surface area contributed by atoms with Gasteiger partial charge in [0.1, 0.15) is 11.5 Å². The molecule has 0 saturated heterocycles. The van der Waals surface area contributed by atoms with E-state index in [-0.39, 0.29) is 12.5 Å². The van der Waals surface area contributed by atoms with Gasteiger partial charge in [-0.25, -0.2) is 8.42 Å². The number of ether oxygens (including phenoxy) is 2. The Morgan fingerprint density at radius 1 is 1.11 bits per heavy atom. The van der Waals surface area contributed by atoms with Crippen molar-refractivity contribution < 1.29 is 22.7 Å². The number of nitrogens with zero attached hydrogens (tertiary/aromatic N) is 1. The van der Waals surface area contributed by atoms with Gasteiger partial charge in [-0.15, -0.1) is 0 Å². The minimum Gasteiger partial charge on any atom is -0.497 e. The molecule has 1 heterocycles. The third-order valence-corrected chi connectivity index (χ3v) is 5.62. The summed E-state index contributed by atoms with van der Waals surface area (Å²) < 4.78 is 35.5. The highest BCUT2D eigenvalue weighted by Crippen LogP contribution is 2.24. The summed E-state index contributed by atoms with van der Waals surface area (Å²) >= 11 is 0. The Balaban J connectivity index is 1.59. The molecular weight excluding hydrogens is 368 g/mol. The van der Waals surface area contributed by atoms with E-state index in [1.807, 2.05) is 18.2 Å². The van der Waals surface area contributed by atoms with Crippen molar-refractivity contribution in [1.82, 2.24) is 4.31 Å². The van der Waals surface area contributed by atoms with Crippen LogP contribution in [0.3, 0.4) is 0 Å². The fraction of sp³-hybridized carbons (Fsp3) is 0.316. The molecule has 0 aromatic heterocycles. The Morgan fingerprint density at radius 2 is 1.81 bits per heavy atom. The number of hydrogen-bond donors (Lipinski definition) is 1. The highest BCUT2D eigenvalue weighted by Gasteiger charge is 2.23. The predicted molar refractivity (Wildman–Crippen MR) is 103 cm³/mol. The molecule has 144 valence electrons. The highest BCUT2D eigenvalue weighted by molar-refractivity contribution is 7.88. The van der Waals surface area contributed by atoms with E-state index in [4.69, 9.17) is 9.47 Å². The van der Waals surface area contributed by atoms with Gasteiger partial charge >= 0.3 is 0 Å². The zero-order valence-electron chi connectivity index (χ0n) is 15.3. The van der Waals surface area contributed by atoms with Gasteiger partial charge in [-0.3, -0.25) is 4.79 Å². The molecular formula is C19H22N2O5S. The van der Waals surface area contributed by atoms with Gasteiger partial charge in [0.2, 0.25) is 10.0 Å². The summed E-state index contributed by atoms with van der Waals surface area (Å²) in [7, 11) is -1.65. The normalized spacial score (nSPS) is 14.3. The van der Waals surface area contributed by atoms with E-state index in [1.165, 1.54) is 10.6 Å². The van der Waals surface area contributed by atoms with Crippen LogP contribution in [0.25, 0.3) is 0 Å². The fourth-order valence-electron chi connectivity index (χ4n) is 2.91. The second-order valence-corrected chi connectivity index (χ2v) is 8.32. The fourth-order valence-corrected chi connectivity index (χ4v) is 3.71. The van der Waals surface area contributed by atoms with E-state index in [2.05, 4.69) is 5.32 Å². The van der Waals surface area contributed by atoms with Gasteiger partial charge < -0.3 is 14.8 Å². The van der Waals surface area contributed by atoms with Crippen LogP contribution in [0.4, 0.5) is 5.69 Å². The van der Waals surface area contributed by atoms with Crippen LogP contribution in [-0.4, -0.2) is 45.1 Å². The number of fused-ring (bicyclic) bond motifs is 1. The zero-order chi connectivity index (χ0) is 19.4. The van der Waals surface area contributed by atoms with E-state index in [9.17, 15) is 13.2 Å². The summed E-state index contributed by atoms with van der Waals surface area (Å²) in [6.07, 6.45) is 1.87. The van der Waals surface area contributed by atoms with Crippen LogP contribution in [0, 0.1) is 0 Å². The number of carbonyl (C=O) groups is 1. The summed E-state index contributed by atoms with van der Waals surface area (Å²) in [4.78, 5) is 12.1. The maximum Gasteiger partial charge on any atom is 0.262 e. The van der Waals surface area contributed by atoms with Gasteiger partial charge in [-0.1, -0.05) is 6.07 Å². The van der Waals surface area contributed by atoms with Crippen LogP contribution in [0.15, 0.2) is 42.5 Å². The Kier molecular flexibility index (Phi) is 5.67. The molecule has 1 N–H and O–H groups in total. The van der Waals surface area contributed by atoms with Gasteiger partial charge in [-0.05, 0) is 53.9 Å². The Labute approximate surface area is 158 Å². The number of anilines is 1. The first-order chi connectivity index (χ1) is 12.8. The minimum absolute atomic E-state index is 0.126. The third-order valence-electron chi connectivity index (χ3n) is 4.37. The lowest BCUT2D eigenvalue weighted by Crippen LogP contribution is -2.35. The summed E-state index contributed by atoms with van der Waals surface area (Å²) in [5.41, 5.74) is 2.62. The molecule has 2 aromatic rings. The molecule has 1 aliphatic rings. The zero-order valence-corrected chi connectivity index (χ0v) is 16.1. The van der Waals surface area contributed by atoms with E-state index in [0.717, 1.165) is 11.1 Å². The predicted octanol–water partition coefficient (Wildman–Crippen LogP) is 2.03. The number of nitrogens with one attached hydrogen (secondary N) is 1. The van der Waals surface area contributed by atoms with Crippen LogP contribution in [0.2, 0.25) is 0 Å². The monoisotopic (exact) mass is 390 g/mol. The van der Waals surface area contributed by atoms with Crippen molar-refractivity contribution in [1.29, 1.82) is 0 Å². The first-order valence-electron chi connectivity index (χ1n) is 8.49. The lowest BCUT2D eigenvalue weighted by Gasteiger charge is -2.27. The number of methoxy groups -OCH3 is 1. The molecule has 0 spiro atoms. The molecule has 7 nitrogen and oxygen atoms in total. The van der Waals surface area contributed by atoms with Crippen LogP contribution in [0.5, 0.6) is 11.5 Å². The Morgan fingerprint density at radius 3 is 2.48 bits per heavy atom. The second-order valence-electron chi connectivity index (χ2n) is 6.34. The van der Waals surface area contributed by atoms with Gasteiger partial charge in [0.25, 0.3) is 5.91 Å². The Hall–Kier alpha value is -2.58. The molecule has 0 bridgehead atoms. The maximum absolute atomic E-state index is 12.1. The smallest absolute Gasteiger partial charge is 0.262 e. The summed E-state index contributed by atoms with van der Waals surface area (Å²) in [6, 6.07) is 12.5. The minimum atomic E-state index is -3.23. The SMILES string of the molecule is COc1ccc(OCC(=O)Nc2ccc3c(c2)CN(S(C)(=O)=O)CC3)cc1. The van der Waals surface area contributed by atoms with Crippen molar-refractivity contribution in [3.8, 4) is 11.5 Å². The van der Waals surface area contributed by atoms with E-state index < -0.39 is 10.0 Å². The van der Waals surface area contributed by atoms with Crippen molar-refractivity contribution in [2.24, 2.45) is 0 Å². The number of hydrogen-bond acceptors (Lipinski definition) is 5. The van der Waals surface area contributed by atoms with E-state index in [1.54, 1.807) is 31.4 Å². The molecule has 1 amide bonds. The van der Waals surface area contributed by atoms with Crippen molar-refractivity contribution >= 4 is 21.6 Å². The number of rotatable bonds is 6. The van der Waals surface area contributed by atoms with E-state index in [0.29, 0.717) is 36.7 Å². The van der Waals surface area contributed by atoms with Crippen LogP contribution >= 0.6 is 0 Å². The number of carbonyl (C=O) groups excluding carboxylic acids is 1. The standard InChI is InChI=1S/C19H22N2O5S/c1-25-17-5-7-18(8-6-17)26-13-19(22)20-16-4-3-14-9-10-21(27(2,23)24)12-15(14)11-16/h3-8,11H,9-10,12-13H2,1-2H3,(H,20,22). The van der Waals surface area contributed by atoms with Crippen LogP contribution in [0.1, 0.15) is 11.1 Å². The first-order valence-corrected chi connectivity index (χ1v) is 10.3. The average Bonchev–Trinajstić information content (AvgIpc) is 2.65. The van der Waals surface area contributed by atoms with Crippen LogP contribution < -0.4 is 14.8 Å². The topological polar surface area (TPSA) is 84.9 Å². The van der Waals surface area contributed by atoms with Crippen molar-refractivity contribution in [2.75, 3.05) is 31.8 Å². The molecule has 3 rings (SSSR count). The molecule has 0 fully saturated rings. The number of amides is 1. The molecule has 8 heteroatoms. The van der Waals surface area contributed by atoms with Crippen molar-refractivity contribution in [2.45, 2.75) is 13.0 Å². The summed E-state index contributed by atoms with van der Waals surface area (Å²) in [5, 5.41) is 2.78. The van der Waals surface area contributed by atoms with Crippen LogP contribution in [-0.2, 0) is 27.8 Å². The molecule has 27 heavy (non-hydrogen) atoms. The van der Waals surface area contributed by atoms with E-state index >= 15 is 0 Å². The molecule has 0 aliphatic carbocycles. The van der Waals surface area contributed by atoms with Gasteiger partial charge in [-0.2, -0.15) is 4.31 Å². The summed E-state index contributed by atoms with van der Waals surface area (Å²) in [6.45, 7) is 0.673. The number of sulfonamides is 1. The molecule has 0 atom stereocenters. The number of benzene rings is 2. The lowest BCUT2D eigenvalue weighted by atomic mass is 10.0. The van der Waals surface area contributed by atoms with Gasteiger partial charge in [0, 0.05) is 18.8 Å². The van der Waals surface area contributed by atoms with Gasteiger partial charge in [0.05, 0.1) is 13.4 Å². The molecule has 2 aromatic carbocycles. The summed E-state index contributed by atoms with van der Waals surface area (Å²) in [5.74, 6) is 0.991. The quantitative estimate of drug-likeness (QED) is 0.816. The highest BCUT2D eigenvalue weighted by atomic mass is 32.2. The largest absolute Gasteiger partial charge is 0.497 e. The first kappa shape index (κ1) is 19.2. The molecule has 1 aliphatic heterocycles. The van der Waals surface area contributed by atoms with Gasteiger partial charge in [0.15, 0.2) is 6.61 Å². The maximum atomic E-state index is 12.1.